The minimum atomic E-state index is -0.216. The summed E-state index contributed by atoms with van der Waals surface area (Å²) in [5.41, 5.74) is 8.15. The van der Waals surface area contributed by atoms with Crippen molar-refractivity contribution in [3.05, 3.63) is 34.2 Å². The number of aromatic nitrogens is 1. The summed E-state index contributed by atoms with van der Waals surface area (Å²) in [7, 11) is 0. The first-order valence-electron chi connectivity index (χ1n) is 8.49. The molecule has 2 aromatic rings. The highest BCUT2D eigenvalue weighted by molar-refractivity contribution is 7.15. The van der Waals surface area contributed by atoms with E-state index in [2.05, 4.69) is 23.5 Å². The van der Waals surface area contributed by atoms with E-state index in [0.29, 0.717) is 17.8 Å². The second-order valence-corrected chi connectivity index (χ2v) is 7.17. The Morgan fingerprint density at radius 1 is 1.42 bits per heavy atom. The van der Waals surface area contributed by atoms with Gasteiger partial charge in [0.25, 0.3) is 5.91 Å². The molecule has 5 nitrogen and oxygen atoms in total. The number of carbonyl (C=O) groups excluding carboxylic acids is 1. The molecule has 0 saturated heterocycles. The fraction of sp³-hybridized carbons (Fsp3) is 0.444. The lowest BCUT2D eigenvalue weighted by Crippen LogP contribution is -2.25. The molecule has 2 heterocycles. The summed E-state index contributed by atoms with van der Waals surface area (Å²) in [5.74, 6) is -0.141. The van der Waals surface area contributed by atoms with E-state index in [1.54, 1.807) is 11.3 Å². The summed E-state index contributed by atoms with van der Waals surface area (Å²) in [6.45, 7) is 2.71. The van der Waals surface area contributed by atoms with Crippen LogP contribution in [0.15, 0.2) is 28.3 Å². The zero-order valence-corrected chi connectivity index (χ0v) is 14.7. The summed E-state index contributed by atoms with van der Waals surface area (Å²) in [5, 5.41) is 6.94. The molecule has 128 valence electrons. The molecule has 0 bridgehead atoms. The third-order valence-corrected chi connectivity index (χ3v) is 5.54. The van der Waals surface area contributed by atoms with Gasteiger partial charge in [-0.2, -0.15) is 0 Å². The van der Waals surface area contributed by atoms with Crippen molar-refractivity contribution in [1.82, 2.24) is 10.5 Å². The Hall–Kier alpha value is -2.08. The molecule has 0 spiro atoms. The Balaban J connectivity index is 1.68. The maximum absolute atomic E-state index is 12.5. The SMILES string of the molecule is CCc1ccc(-c2noc(N)c2C(=O)NCCC2=CCCCC2)s1. The third-order valence-electron chi connectivity index (χ3n) is 4.31. The maximum Gasteiger partial charge on any atom is 0.259 e. The van der Waals surface area contributed by atoms with Crippen molar-refractivity contribution in [2.45, 2.75) is 45.4 Å². The molecule has 0 atom stereocenters. The van der Waals surface area contributed by atoms with E-state index in [-0.39, 0.29) is 11.8 Å². The van der Waals surface area contributed by atoms with Crippen LogP contribution in [-0.4, -0.2) is 17.6 Å². The molecule has 2 aromatic heterocycles. The molecule has 1 amide bonds. The highest BCUT2D eigenvalue weighted by Crippen LogP contribution is 2.32. The highest BCUT2D eigenvalue weighted by atomic mass is 32.1. The molecular weight excluding hydrogens is 322 g/mol. The first-order valence-corrected chi connectivity index (χ1v) is 9.31. The van der Waals surface area contributed by atoms with Crippen LogP contribution < -0.4 is 11.1 Å². The van der Waals surface area contributed by atoms with Gasteiger partial charge in [-0.05, 0) is 50.7 Å². The quantitative estimate of drug-likeness (QED) is 0.770. The van der Waals surface area contributed by atoms with Crippen molar-refractivity contribution in [1.29, 1.82) is 0 Å². The van der Waals surface area contributed by atoms with Crippen molar-refractivity contribution in [2.24, 2.45) is 0 Å². The van der Waals surface area contributed by atoms with Gasteiger partial charge in [-0.1, -0.05) is 23.7 Å². The predicted octanol–water partition coefficient (Wildman–Crippen LogP) is 4.17. The van der Waals surface area contributed by atoms with Crippen LogP contribution in [0.4, 0.5) is 5.88 Å². The van der Waals surface area contributed by atoms with Crippen LogP contribution in [0.2, 0.25) is 0 Å². The number of nitrogen functional groups attached to an aromatic ring is 1. The number of nitrogens with zero attached hydrogens (tertiary/aromatic N) is 1. The standard InChI is InChI=1S/C18H23N3O2S/c1-2-13-8-9-14(24-13)16-15(17(19)23-21-16)18(22)20-11-10-12-6-4-3-5-7-12/h6,8-9H,2-5,7,10-11,19H2,1H3,(H,20,22). The Morgan fingerprint density at radius 3 is 3.00 bits per heavy atom. The molecule has 1 aliphatic carbocycles. The molecule has 3 N–H and O–H groups in total. The summed E-state index contributed by atoms with van der Waals surface area (Å²) >= 11 is 1.61. The number of allylic oxidation sites excluding steroid dienone is 1. The normalized spacial score (nSPS) is 14.5. The van der Waals surface area contributed by atoms with Crippen LogP contribution in [-0.2, 0) is 6.42 Å². The number of rotatable bonds is 6. The number of anilines is 1. The largest absolute Gasteiger partial charge is 0.367 e. The molecule has 0 unspecified atom stereocenters. The van der Waals surface area contributed by atoms with Crippen LogP contribution in [0.1, 0.15) is 54.3 Å². The van der Waals surface area contributed by atoms with E-state index in [4.69, 9.17) is 10.3 Å². The van der Waals surface area contributed by atoms with Crippen molar-refractivity contribution in [2.75, 3.05) is 12.3 Å². The Kier molecular flexibility index (Phi) is 5.35. The van der Waals surface area contributed by atoms with E-state index in [9.17, 15) is 4.79 Å². The van der Waals surface area contributed by atoms with E-state index in [0.717, 1.165) is 30.6 Å². The minimum Gasteiger partial charge on any atom is -0.367 e. The summed E-state index contributed by atoms with van der Waals surface area (Å²) < 4.78 is 5.07. The lowest BCUT2D eigenvalue weighted by molar-refractivity contribution is 0.0955. The summed E-state index contributed by atoms with van der Waals surface area (Å²) in [6.07, 6.45) is 8.97. The minimum absolute atomic E-state index is 0.0748. The molecule has 0 saturated carbocycles. The lowest BCUT2D eigenvalue weighted by Gasteiger charge is -2.12. The van der Waals surface area contributed by atoms with E-state index in [1.807, 2.05) is 12.1 Å². The van der Waals surface area contributed by atoms with Crippen LogP contribution in [0.3, 0.4) is 0 Å². The first kappa shape index (κ1) is 16.8. The predicted molar refractivity (Wildman–Crippen MR) is 97.1 cm³/mol. The Morgan fingerprint density at radius 2 is 2.29 bits per heavy atom. The van der Waals surface area contributed by atoms with Crippen LogP contribution >= 0.6 is 11.3 Å². The maximum atomic E-state index is 12.5. The van der Waals surface area contributed by atoms with Gasteiger partial charge in [0.2, 0.25) is 5.88 Å². The van der Waals surface area contributed by atoms with Crippen LogP contribution in [0, 0.1) is 0 Å². The third kappa shape index (κ3) is 3.70. The monoisotopic (exact) mass is 345 g/mol. The highest BCUT2D eigenvalue weighted by Gasteiger charge is 2.23. The number of hydrogen-bond acceptors (Lipinski definition) is 5. The van der Waals surface area contributed by atoms with Crippen molar-refractivity contribution < 1.29 is 9.32 Å². The van der Waals surface area contributed by atoms with E-state index < -0.39 is 0 Å². The van der Waals surface area contributed by atoms with Crippen molar-refractivity contribution in [3.8, 4) is 10.6 Å². The Labute approximate surface area is 145 Å². The molecule has 0 radical (unpaired) electrons. The molecular formula is C18H23N3O2S. The van der Waals surface area contributed by atoms with Gasteiger partial charge in [0, 0.05) is 11.4 Å². The number of amides is 1. The molecule has 24 heavy (non-hydrogen) atoms. The number of hydrogen-bond donors (Lipinski definition) is 2. The fourth-order valence-corrected chi connectivity index (χ4v) is 3.88. The summed E-state index contributed by atoms with van der Waals surface area (Å²) in [4.78, 5) is 14.7. The number of nitrogens with two attached hydrogens (primary N) is 1. The van der Waals surface area contributed by atoms with Gasteiger partial charge in [0.05, 0.1) is 4.88 Å². The fourth-order valence-electron chi connectivity index (χ4n) is 2.94. The van der Waals surface area contributed by atoms with Gasteiger partial charge in [-0.3, -0.25) is 4.79 Å². The molecule has 3 rings (SSSR count). The zero-order chi connectivity index (χ0) is 16.9. The second kappa shape index (κ2) is 7.66. The van der Waals surface area contributed by atoms with E-state index >= 15 is 0 Å². The smallest absolute Gasteiger partial charge is 0.259 e. The summed E-state index contributed by atoms with van der Waals surface area (Å²) in [6, 6.07) is 4.01. The second-order valence-electron chi connectivity index (χ2n) is 6.00. The average molecular weight is 345 g/mol. The van der Waals surface area contributed by atoms with Crippen LogP contribution in [0.5, 0.6) is 0 Å². The van der Waals surface area contributed by atoms with Crippen LogP contribution in [0.25, 0.3) is 10.6 Å². The number of aryl methyl sites for hydroxylation is 1. The van der Waals surface area contributed by atoms with Crippen molar-refractivity contribution >= 4 is 23.1 Å². The van der Waals surface area contributed by atoms with Gasteiger partial charge in [-0.15, -0.1) is 11.3 Å². The molecule has 6 heteroatoms. The molecule has 0 aliphatic heterocycles. The van der Waals surface area contributed by atoms with E-state index in [1.165, 1.54) is 23.3 Å². The van der Waals surface area contributed by atoms with Gasteiger partial charge < -0.3 is 15.6 Å². The Bertz CT molecular complexity index is 745. The lowest BCUT2D eigenvalue weighted by atomic mass is 9.97. The van der Waals surface area contributed by atoms with Gasteiger partial charge in [0.1, 0.15) is 11.3 Å². The average Bonchev–Trinajstić information content (AvgIpc) is 3.22. The number of carbonyl (C=O) groups is 1. The van der Waals surface area contributed by atoms with Crippen molar-refractivity contribution in [3.63, 3.8) is 0 Å². The molecule has 1 aliphatic rings. The topological polar surface area (TPSA) is 81.2 Å². The number of thiophene rings is 1. The van der Waals surface area contributed by atoms with Gasteiger partial charge >= 0.3 is 0 Å². The molecule has 0 aromatic carbocycles. The zero-order valence-electron chi connectivity index (χ0n) is 13.9. The number of nitrogens with one attached hydrogen (secondary N) is 1. The van der Waals surface area contributed by atoms with Gasteiger partial charge in [-0.25, -0.2) is 0 Å². The first-order chi connectivity index (χ1) is 11.7. The molecule has 0 fully saturated rings. The van der Waals surface area contributed by atoms with Gasteiger partial charge in [0.15, 0.2) is 0 Å².